The van der Waals surface area contributed by atoms with Crippen LogP contribution < -0.4 is 21.5 Å². The summed E-state index contributed by atoms with van der Waals surface area (Å²) in [5.41, 5.74) is 0.0197. The van der Waals surface area contributed by atoms with Crippen molar-refractivity contribution in [3.63, 3.8) is 0 Å². The Morgan fingerprint density at radius 3 is 2.50 bits per heavy atom. The molecule has 0 unspecified atom stereocenters. The number of benzene rings is 1. The summed E-state index contributed by atoms with van der Waals surface area (Å²) in [4.78, 5) is 54.7. The Kier molecular flexibility index (Phi) is 5.47. The summed E-state index contributed by atoms with van der Waals surface area (Å²) in [6.07, 6.45) is 4.41. The van der Waals surface area contributed by atoms with E-state index in [-0.39, 0.29) is 28.0 Å². The van der Waals surface area contributed by atoms with Gasteiger partial charge in [-0.1, -0.05) is 0 Å². The molecule has 0 bridgehead atoms. The van der Waals surface area contributed by atoms with E-state index in [4.69, 9.17) is 0 Å². The fraction of sp³-hybridized carbons (Fsp3) is 0.333. The molecule has 3 aromatic rings. The Balaban J connectivity index is 1.74. The van der Waals surface area contributed by atoms with Crippen molar-refractivity contribution in [3.8, 4) is 0 Å². The molecule has 1 aliphatic heterocycles. The number of hydrogen-bond acceptors (Lipinski definition) is 7. The molecule has 1 aromatic carbocycles. The predicted molar refractivity (Wildman–Crippen MR) is 119 cm³/mol. The van der Waals surface area contributed by atoms with Gasteiger partial charge >= 0.3 is 5.69 Å². The minimum Gasteiger partial charge on any atom is -0.371 e. The van der Waals surface area contributed by atoms with E-state index in [0.29, 0.717) is 5.69 Å². The lowest BCUT2D eigenvalue weighted by molar-refractivity contribution is -0.384. The van der Waals surface area contributed by atoms with E-state index in [0.717, 1.165) is 36.9 Å². The fourth-order valence-electron chi connectivity index (χ4n) is 3.96. The van der Waals surface area contributed by atoms with Gasteiger partial charge in [0.15, 0.2) is 0 Å². The number of nitrogens with zero attached hydrogens (tertiary/aromatic N) is 5. The number of aryl methyl sites for hydroxylation is 1. The average Bonchev–Trinajstić information content (AvgIpc) is 2.81. The first kappa shape index (κ1) is 21.2. The summed E-state index contributed by atoms with van der Waals surface area (Å²) in [6.45, 7) is 1.53. The molecule has 1 aliphatic rings. The van der Waals surface area contributed by atoms with Crippen molar-refractivity contribution < 1.29 is 9.72 Å². The first-order chi connectivity index (χ1) is 15.3. The highest BCUT2D eigenvalue weighted by atomic mass is 16.6. The third-order valence-electron chi connectivity index (χ3n) is 5.68. The lowest BCUT2D eigenvalue weighted by Crippen LogP contribution is -2.37. The van der Waals surface area contributed by atoms with E-state index in [1.807, 2.05) is 4.90 Å². The molecule has 1 N–H and O–H groups in total. The van der Waals surface area contributed by atoms with Crippen molar-refractivity contribution in [2.45, 2.75) is 19.3 Å². The number of aromatic nitrogens is 3. The van der Waals surface area contributed by atoms with Gasteiger partial charge in [-0.05, 0) is 31.4 Å². The van der Waals surface area contributed by atoms with Gasteiger partial charge in [0.2, 0.25) is 0 Å². The Morgan fingerprint density at radius 2 is 1.81 bits per heavy atom. The lowest BCUT2D eigenvalue weighted by atomic mass is 10.1. The fourth-order valence-corrected chi connectivity index (χ4v) is 3.96. The van der Waals surface area contributed by atoms with Crippen molar-refractivity contribution >= 4 is 34.0 Å². The highest BCUT2D eigenvalue weighted by Gasteiger charge is 2.22. The number of piperidine rings is 1. The number of nitrogens with one attached hydrogen (secondary N) is 1. The Morgan fingerprint density at radius 1 is 1.09 bits per heavy atom. The van der Waals surface area contributed by atoms with Gasteiger partial charge in [-0.25, -0.2) is 9.78 Å². The maximum Gasteiger partial charge on any atom is 0.332 e. The zero-order valence-electron chi connectivity index (χ0n) is 17.7. The minimum absolute atomic E-state index is 0.169. The molecule has 32 heavy (non-hydrogen) atoms. The van der Waals surface area contributed by atoms with Crippen LogP contribution in [0, 0.1) is 10.1 Å². The molecule has 4 rings (SSSR count). The van der Waals surface area contributed by atoms with E-state index >= 15 is 0 Å². The number of rotatable bonds is 4. The number of hydrogen-bond donors (Lipinski definition) is 1. The Labute approximate surface area is 182 Å². The highest BCUT2D eigenvalue weighted by Crippen LogP contribution is 2.29. The van der Waals surface area contributed by atoms with Gasteiger partial charge in [0.25, 0.3) is 17.2 Å². The van der Waals surface area contributed by atoms with E-state index in [1.165, 1.54) is 43.1 Å². The summed E-state index contributed by atoms with van der Waals surface area (Å²) in [7, 11) is 2.87. The molecule has 1 saturated heterocycles. The summed E-state index contributed by atoms with van der Waals surface area (Å²) in [5, 5.41) is 14.1. The second-order valence-corrected chi connectivity index (χ2v) is 7.76. The average molecular weight is 438 g/mol. The Bertz CT molecular complexity index is 1350. The van der Waals surface area contributed by atoms with Gasteiger partial charge in [0, 0.05) is 39.3 Å². The molecular formula is C21H22N6O5. The molecular weight excluding hydrogens is 416 g/mol. The van der Waals surface area contributed by atoms with Gasteiger partial charge in [-0.3, -0.25) is 28.8 Å². The van der Waals surface area contributed by atoms with Crippen LogP contribution in [0.4, 0.5) is 17.1 Å². The van der Waals surface area contributed by atoms with Crippen LogP contribution in [0.2, 0.25) is 0 Å². The topological polar surface area (TPSA) is 132 Å². The van der Waals surface area contributed by atoms with Crippen LogP contribution in [0.1, 0.15) is 29.6 Å². The molecule has 11 nitrogen and oxygen atoms in total. The van der Waals surface area contributed by atoms with E-state index in [2.05, 4.69) is 10.3 Å². The van der Waals surface area contributed by atoms with Crippen LogP contribution in [-0.2, 0) is 14.1 Å². The van der Waals surface area contributed by atoms with Crippen molar-refractivity contribution in [2.24, 2.45) is 14.1 Å². The van der Waals surface area contributed by atoms with Gasteiger partial charge in [0.05, 0.1) is 33.4 Å². The number of anilines is 2. The first-order valence-corrected chi connectivity index (χ1v) is 10.2. The number of pyridine rings is 1. The molecule has 11 heteroatoms. The molecule has 1 amide bonds. The predicted octanol–water partition coefficient (Wildman–Crippen LogP) is 1.78. The number of nitro groups is 1. The molecule has 0 saturated carbocycles. The maximum atomic E-state index is 13.1. The third kappa shape index (κ3) is 3.72. The van der Waals surface area contributed by atoms with Crippen LogP contribution in [0.15, 0.2) is 40.1 Å². The quantitative estimate of drug-likeness (QED) is 0.485. The standard InChI is InChI=1S/C21H22N6O5/c1-24-18-16(20(29)25(2)21(24)30)10-13(12-22-18)23-19(28)15-11-14(27(31)32)6-7-17(15)26-8-4-3-5-9-26/h6-7,10-12H,3-5,8-9H2,1-2H3,(H,23,28). The van der Waals surface area contributed by atoms with Crippen molar-refractivity contribution in [1.29, 1.82) is 0 Å². The zero-order valence-corrected chi connectivity index (χ0v) is 17.7. The number of amides is 1. The monoisotopic (exact) mass is 438 g/mol. The van der Waals surface area contributed by atoms with Crippen LogP contribution in [-0.4, -0.2) is 38.0 Å². The van der Waals surface area contributed by atoms with Crippen LogP contribution in [0.5, 0.6) is 0 Å². The second-order valence-electron chi connectivity index (χ2n) is 7.76. The third-order valence-corrected chi connectivity index (χ3v) is 5.68. The smallest absolute Gasteiger partial charge is 0.332 e. The van der Waals surface area contributed by atoms with Gasteiger partial charge in [0.1, 0.15) is 5.65 Å². The van der Waals surface area contributed by atoms with E-state index in [1.54, 1.807) is 6.07 Å². The van der Waals surface area contributed by atoms with Crippen LogP contribution in [0.25, 0.3) is 11.0 Å². The number of nitro benzene ring substituents is 1. The summed E-state index contributed by atoms with van der Waals surface area (Å²) < 4.78 is 2.21. The largest absolute Gasteiger partial charge is 0.371 e. The van der Waals surface area contributed by atoms with Crippen molar-refractivity contribution in [2.75, 3.05) is 23.3 Å². The molecule has 0 atom stereocenters. The number of carbonyl (C=O) groups is 1. The highest BCUT2D eigenvalue weighted by molar-refractivity contribution is 6.09. The number of non-ortho nitro benzene ring substituents is 1. The number of carbonyl (C=O) groups excluding carboxylic acids is 1. The Hall–Kier alpha value is -4.02. The summed E-state index contributed by atoms with van der Waals surface area (Å²) in [5.74, 6) is -0.544. The molecule has 3 heterocycles. The molecule has 1 fully saturated rings. The van der Waals surface area contributed by atoms with Gasteiger partial charge in [-0.15, -0.1) is 0 Å². The van der Waals surface area contributed by atoms with Crippen LogP contribution in [0.3, 0.4) is 0 Å². The maximum absolute atomic E-state index is 13.1. The van der Waals surface area contributed by atoms with Gasteiger partial charge < -0.3 is 10.2 Å². The van der Waals surface area contributed by atoms with E-state index in [9.17, 15) is 24.5 Å². The SMILES string of the molecule is Cn1c(=O)c2cc(NC(=O)c3cc([N+](=O)[O-])ccc3N3CCCCC3)cnc2n(C)c1=O. The molecule has 166 valence electrons. The van der Waals surface area contributed by atoms with Crippen LogP contribution >= 0.6 is 0 Å². The first-order valence-electron chi connectivity index (χ1n) is 10.2. The lowest BCUT2D eigenvalue weighted by Gasteiger charge is -2.30. The second kappa shape index (κ2) is 8.25. The van der Waals surface area contributed by atoms with Crippen molar-refractivity contribution in [1.82, 2.24) is 14.1 Å². The molecule has 0 aliphatic carbocycles. The summed E-state index contributed by atoms with van der Waals surface area (Å²) in [6, 6.07) is 5.70. The van der Waals surface area contributed by atoms with Gasteiger partial charge in [-0.2, -0.15) is 0 Å². The van der Waals surface area contributed by atoms with Crippen molar-refractivity contribution in [3.05, 3.63) is 67.0 Å². The molecule has 0 radical (unpaired) electrons. The zero-order chi connectivity index (χ0) is 23.0. The summed E-state index contributed by atoms with van der Waals surface area (Å²) >= 11 is 0. The minimum atomic E-state index is -0.544. The molecule has 2 aromatic heterocycles. The number of fused-ring (bicyclic) bond motifs is 1. The van der Waals surface area contributed by atoms with E-state index < -0.39 is 22.1 Å². The normalized spacial score (nSPS) is 13.9. The molecule has 0 spiro atoms.